The van der Waals surface area contributed by atoms with Gasteiger partial charge in [-0.3, -0.25) is 4.79 Å². The fourth-order valence-corrected chi connectivity index (χ4v) is 6.41. The summed E-state index contributed by atoms with van der Waals surface area (Å²) >= 11 is 0. The molecule has 5 atom stereocenters. The molecule has 4 aliphatic carbocycles. The highest BCUT2D eigenvalue weighted by atomic mass is 16.3. The van der Waals surface area contributed by atoms with Gasteiger partial charge in [0.15, 0.2) is 5.78 Å². The molecule has 3 fully saturated rings. The summed E-state index contributed by atoms with van der Waals surface area (Å²) in [7, 11) is 0. The monoisotopic (exact) mass is 300 g/mol. The van der Waals surface area contributed by atoms with Crippen LogP contribution in [0, 0.1) is 22.7 Å². The van der Waals surface area contributed by atoms with Gasteiger partial charge in [-0.05, 0) is 68.3 Å². The van der Waals surface area contributed by atoms with E-state index in [1.807, 2.05) is 6.08 Å². The first-order valence-electron chi connectivity index (χ1n) is 8.96. The van der Waals surface area contributed by atoms with Crippen molar-refractivity contribution in [2.45, 2.75) is 70.8 Å². The molecular weight excluding hydrogens is 272 g/mol. The van der Waals surface area contributed by atoms with E-state index in [2.05, 4.69) is 20.4 Å². The second kappa shape index (κ2) is 4.35. The fraction of sp³-hybridized carbons (Fsp3) is 0.750. The summed E-state index contributed by atoms with van der Waals surface area (Å²) < 4.78 is 0. The van der Waals surface area contributed by atoms with Gasteiger partial charge in [-0.1, -0.05) is 31.6 Å². The first-order valence-corrected chi connectivity index (χ1v) is 8.96. The average molecular weight is 300 g/mol. The maximum absolute atomic E-state index is 11.8. The summed E-state index contributed by atoms with van der Waals surface area (Å²) in [4.78, 5) is 11.8. The zero-order chi connectivity index (χ0) is 15.8. The van der Waals surface area contributed by atoms with Crippen molar-refractivity contribution >= 4 is 5.78 Å². The molecule has 2 unspecified atom stereocenters. The van der Waals surface area contributed by atoms with E-state index in [-0.39, 0.29) is 16.6 Å². The summed E-state index contributed by atoms with van der Waals surface area (Å²) in [5, 5.41) is 11.8. The molecular formula is C20H28O2. The Morgan fingerprint density at radius 2 is 1.82 bits per heavy atom. The SMILES string of the molecule is C=C1CCC2C3CCC4=CC(=O)CC[C@]4(C)[C@@]3(O)CC[C@]12C. The first kappa shape index (κ1) is 14.7. The molecule has 0 radical (unpaired) electrons. The highest BCUT2D eigenvalue weighted by molar-refractivity contribution is 5.91. The van der Waals surface area contributed by atoms with E-state index in [1.165, 1.54) is 17.6 Å². The number of ketones is 1. The lowest BCUT2D eigenvalue weighted by Crippen LogP contribution is -2.62. The zero-order valence-electron chi connectivity index (χ0n) is 14.0. The summed E-state index contributed by atoms with van der Waals surface area (Å²) in [5.74, 6) is 1.21. The number of aliphatic hydroxyl groups is 1. The molecule has 2 nitrogen and oxygen atoms in total. The van der Waals surface area contributed by atoms with Gasteiger partial charge in [0.1, 0.15) is 0 Å². The third-order valence-corrected chi connectivity index (χ3v) is 8.10. The standard InChI is InChI=1S/C20H28O2/c1-13-4-6-16-17-7-5-14-12-15(21)8-9-19(14,3)20(17,22)11-10-18(13,16)2/h12,16-17,22H,1,4-11H2,2-3H3/t16?,17?,18-,19+,20-/m1/s1. The maximum atomic E-state index is 11.8. The van der Waals surface area contributed by atoms with E-state index < -0.39 is 5.60 Å². The molecule has 0 aromatic rings. The summed E-state index contributed by atoms with van der Waals surface area (Å²) in [5.41, 5.74) is 2.06. The van der Waals surface area contributed by atoms with Crippen LogP contribution < -0.4 is 0 Å². The van der Waals surface area contributed by atoms with Gasteiger partial charge in [-0.25, -0.2) is 0 Å². The van der Waals surface area contributed by atoms with Crippen LogP contribution in [-0.2, 0) is 4.79 Å². The van der Waals surface area contributed by atoms with Gasteiger partial charge in [0.25, 0.3) is 0 Å². The molecule has 3 saturated carbocycles. The van der Waals surface area contributed by atoms with Crippen LogP contribution in [0.25, 0.3) is 0 Å². The minimum Gasteiger partial charge on any atom is -0.389 e. The van der Waals surface area contributed by atoms with Crippen LogP contribution in [0.15, 0.2) is 23.8 Å². The summed E-state index contributed by atoms with van der Waals surface area (Å²) in [6.07, 6.45) is 9.57. The Labute approximate surface area is 133 Å². The van der Waals surface area contributed by atoms with Crippen LogP contribution in [0.1, 0.15) is 65.2 Å². The predicted molar refractivity (Wildman–Crippen MR) is 87.3 cm³/mol. The molecule has 4 rings (SSSR count). The minimum atomic E-state index is -0.618. The molecule has 0 saturated heterocycles. The number of fused-ring (bicyclic) bond motifs is 5. The van der Waals surface area contributed by atoms with Gasteiger partial charge < -0.3 is 5.11 Å². The number of rotatable bonds is 0. The smallest absolute Gasteiger partial charge is 0.155 e. The van der Waals surface area contributed by atoms with E-state index in [1.54, 1.807) is 0 Å². The van der Waals surface area contributed by atoms with Crippen LogP contribution in [0.5, 0.6) is 0 Å². The molecule has 0 aliphatic heterocycles. The normalized spacial score (nSPS) is 51.0. The highest BCUT2D eigenvalue weighted by Gasteiger charge is 2.64. The highest BCUT2D eigenvalue weighted by Crippen LogP contribution is 2.67. The molecule has 0 aromatic heterocycles. The number of carbonyl (C=O) groups is 1. The quantitative estimate of drug-likeness (QED) is 0.681. The Bertz CT molecular complexity index is 589. The van der Waals surface area contributed by atoms with Crippen molar-refractivity contribution in [3.05, 3.63) is 23.8 Å². The Morgan fingerprint density at radius 1 is 1.09 bits per heavy atom. The maximum Gasteiger partial charge on any atom is 0.155 e. The Morgan fingerprint density at radius 3 is 2.59 bits per heavy atom. The van der Waals surface area contributed by atoms with E-state index in [0.717, 1.165) is 38.5 Å². The second-order valence-corrected chi connectivity index (χ2v) is 8.70. The number of carbonyl (C=O) groups excluding carboxylic acids is 1. The van der Waals surface area contributed by atoms with Crippen LogP contribution in [0.4, 0.5) is 0 Å². The molecule has 2 heteroatoms. The number of allylic oxidation sites excluding steroid dienone is 1. The Hall–Kier alpha value is -0.890. The largest absolute Gasteiger partial charge is 0.389 e. The van der Waals surface area contributed by atoms with Crippen molar-refractivity contribution in [1.82, 2.24) is 0 Å². The molecule has 0 amide bonds. The average Bonchev–Trinajstić information content (AvgIpc) is 2.77. The van der Waals surface area contributed by atoms with Crippen LogP contribution in [0.3, 0.4) is 0 Å². The fourth-order valence-electron chi connectivity index (χ4n) is 6.41. The minimum absolute atomic E-state index is 0.185. The zero-order valence-corrected chi connectivity index (χ0v) is 14.0. The lowest BCUT2D eigenvalue weighted by molar-refractivity contribution is -0.183. The van der Waals surface area contributed by atoms with Crippen molar-refractivity contribution in [2.75, 3.05) is 0 Å². The van der Waals surface area contributed by atoms with E-state index >= 15 is 0 Å². The summed E-state index contributed by atoms with van der Waals surface area (Å²) in [6, 6.07) is 0. The topological polar surface area (TPSA) is 37.3 Å². The number of hydrogen-bond acceptors (Lipinski definition) is 2. The van der Waals surface area contributed by atoms with E-state index in [9.17, 15) is 9.90 Å². The molecule has 120 valence electrons. The van der Waals surface area contributed by atoms with Crippen LogP contribution in [0.2, 0.25) is 0 Å². The lowest BCUT2D eigenvalue weighted by atomic mass is 9.45. The molecule has 0 spiro atoms. The molecule has 1 N–H and O–H groups in total. The van der Waals surface area contributed by atoms with Crippen molar-refractivity contribution in [3.63, 3.8) is 0 Å². The molecule has 0 heterocycles. The first-order chi connectivity index (χ1) is 10.3. The van der Waals surface area contributed by atoms with Gasteiger partial charge in [-0.15, -0.1) is 0 Å². The van der Waals surface area contributed by atoms with Crippen molar-refractivity contribution in [2.24, 2.45) is 22.7 Å². The Balaban J connectivity index is 1.78. The molecule has 0 aromatic carbocycles. The van der Waals surface area contributed by atoms with Crippen molar-refractivity contribution in [3.8, 4) is 0 Å². The van der Waals surface area contributed by atoms with Crippen LogP contribution >= 0.6 is 0 Å². The van der Waals surface area contributed by atoms with Crippen molar-refractivity contribution < 1.29 is 9.90 Å². The van der Waals surface area contributed by atoms with Gasteiger partial charge in [-0.2, -0.15) is 0 Å². The predicted octanol–water partition coefficient (Wildman–Crippen LogP) is 4.19. The third kappa shape index (κ3) is 1.57. The van der Waals surface area contributed by atoms with Crippen LogP contribution in [-0.4, -0.2) is 16.5 Å². The van der Waals surface area contributed by atoms with Gasteiger partial charge >= 0.3 is 0 Å². The van der Waals surface area contributed by atoms with E-state index in [4.69, 9.17) is 0 Å². The molecule has 0 bridgehead atoms. The number of hydrogen-bond donors (Lipinski definition) is 1. The van der Waals surface area contributed by atoms with Gasteiger partial charge in [0.05, 0.1) is 5.60 Å². The summed E-state index contributed by atoms with van der Waals surface area (Å²) in [6.45, 7) is 8.95. The molecule has 4 aliphatic rings. The van der Waals surface area contributed by atoms with Gasteiger partial charge in [0, 0.05) is 11.8 Å². The van der Waals surface area contributed by atoms with E-state index in [0.29, 0.717) is 18.3 Å². The second-order valence-electron chi connectivity index (χ2n) is 8.70. The lowest BCUT2D eigenvalue weighted by Gasteiger charge is -2.62. The third-order valence-electron chi connectivity index (χ3n) is 8.10. The van der Waals surface area contributed by atoms with Gasteiger partial charge in [0.2, 0.25) is 0 Å². The van der Waals surface area contributed by atoms with Crippen molar-refractivity contribution in [1.29, 1.82) is 0 Å². The Kier molecular flexibility index (Phi) is 2.90. The molecule has 22 heavy (non-hydrogen) atoms.